The topological polar surface area (TPSA) is 116 Å². The van der Waals surface area contributed by atoms with Gasteiger partial charge in [-0.1, -0.05) is 6.07 Å². The van der Waals surface area contributed by atoms with Crippen LogP contribution < -0.4 is 0 Å². The fraction of sp³-hybridized carbons (Fsp3) is 0.350. The van der Waals surface area contributed by atoms with Crippen LogP contribution in [-0.4, -0.2) is 56.4 Å². The van der Waals surface area contributed by atoms with Gasteiger partial charge in [0.05, 0.1) is 22.8 Å². The number of aromatic nitrogens is 1. The van der Waals surface area contributed by atoms with Crippen molar-refractivity contribution in [2.45, 2.75) is 36.9 Å². The van der Waals surface area contributed by atoms with Gasteiger partial charge >= 0.3 is 0 Å². The van der Waals surface area contributed by atoms with Gasteiger partial charge in [0, 0.05) is 12.6 Å². The standard InChI is InChI=1S/C20H20FNO6S/c21-12-4-3-10(20-19(26)18(25)17(24)14(9-23)28-20)6-11(12)7-16-22-8-15(29-16)13-2-1-5-27-13/h1-6,8,14,17-20,23-26H,7,9H2/t14-,17-,18+,19-,20+/m1/s1. The Balaban J connectivity index is 1.58. The van der Waals surface area contributed by atoms with E-state index in [-0.39, 0.29) is 6.42 Å². The number of hydrogen-bond donors (Lipinski definition) is 4. The van der Waals surface area contributed by atoms with E-state index >= 15 is 0 Å². The van der Waals surface area contributed by atoms with E-state index < -0.39 is 42.9 Å². The lowest BCUT2D eigenvalue weighted by atomic mass is 9.90. The molecule has 1 aromatic carbocycles. The molecule has 0 aliphatic carbocycles. The van der Waals surface area contributed by atoms with Gasteiger partial charge < -0.3 is 29.6 Å². The largest absolute Gasteiger partial charge is 0.463 e. The van der Waals surface area contributed by atoms with E-state index in [2.05, 4.69) is 4.98 Å². The van der Waals surface area contributed by atoms with Gasteiger partial charge in [0.1, 0.15) is 42.1 Å². The summed E-state index contributed by atoms with van der Waals surface area (Å²) in [6, 6.07) is 7.83. The molecule has 9 heteroatoms. The highest BCUT2D eigenvalue weighted by Gasteiger charge is 2.44. The average molecular weight is 421 g/mol. The van der Waals surface area contributed by atoms with Crippen molar-refractivity contribution in [3.63, 3.8) is 0 Å². The van der Waals surface area contributed by atoms with Crippen LogP contribution in [0.25, 0.3) is 10.6 Å². The van der Waals surface area contributed by atoms with Gasteiger partial charge in [-0.2, -0.15) is 0 Å². The number of nitrogens with zero attached hydrogens (tertiary/aromatic N) is 1. The Morgan fingerprint density at radius 2 is 1.93 bits per heavy atom. The second-order valence-corrected chi connectivity index (χ2v) is 7.99. The Labute approximate surface area is 169 Å². The van der Waals surface area contributed by atoms with Crippen LogP contribution in [0.2, 0.25) is 0 Å². The van der Waals surface area contributed by atoms with Crippen molar-refractivity contribution < 1.29 is 34.0 Å². The molecule has 1 aliphatic heterocycles. The molecular weight excluding hydrogens is 401 g/mol. The van der Waals surface area contributed by atoms with E-state index in [1.807, 2.05) is 6.07 Å². The molecule has 0 amide bonds. The molecule has 4 rings (SSSR count). The summed E-state index contributed by atoms with van der Waals surface area (Å²) in [5.74, 6) is 0.248. The van der Waals surface area contributed by atoms with Crippen LogP contribution in [0.5, 0.6) is 0 Å². The fourth-order valence-electron chi connectivity index (χ4n) is 3.37. The molecule has 7 nitrogen and oxygen atoms in total. The second kappa shape index (κ2) is 8.31. The lowest BCUT2D eigenvalue weighted by Gasteiger charge is -2.40. The van der Waals surface area contributed by atoms with E-state index in [1.54, 1.807) is 18.5 Å². The number of hydrogen-bond acceptors (Lipinski definition) is 8. The SMILES string of the molecule is OC[C@H]1O[C@@H](c2ccc(F)c(Cc3ncc(-c4ccco4)s3)c2)[C@H](O)[C@@H](O)[C@@H]1O. The average Bonchev–Trinajstić information content (AvgIpc) is 3.40. The van der Waals surface area contributed by atoms with Crippen LogP contribution in [0.3, 0.4) is 0 Å². The Hall–Kier alpha value is -2.14. The van der Waals surface area contributed by atoms with E-state index in [9.17, 15) is 24.8 Å². The first-order valence-electron chi connectivity index (χ1n) is 9.05. The highest BCUT2D eigenvalue weighted by atomic mass is 32.1. The van der Waals surface area contributed by atoms with Crippen LogP contribution >= 0.6 is 11.3 Å². The second-order valence-electron chi connectivity index (χ2n) is 6.87. The summed E-state index contributed by atoms with van der Waals surface area (Å²) < 4.78 is 25.3. The lowest BCUT2D eigenvalue weighted by Crippen LogP contribution is -2.55. The maximum Gasteiger partial charge on any atom is 0.145 e. The van der Waals surface area contributed by atoms with Crippen LogP contribution in [0.15, 0.2) is 47.2 Å². The molecule has 154 valence electrons. The Bertz CT molecular complexity index is 960. The zero-order valence-electron chi connectivity index (χ0n) is 15.2. The van der Waals surface area contributed by atoms with Crippen molar-refractivity contribution in [2.24, 2.45) is 0 Å². The third-order valence-electron chi connectivity index (χ3n) is 4.95. The number of thiazole rings is 1. The molecular formula is C20H20FNO6S. The molecule has 0 bridgehead atoms. The van der Waals surface area contributed by atoms with Gasteiger partial charge in [0.25, 0.3) is 0 Å². The normalized spacial score (nSPS) is 27.3. The monoisotopic (exact) mass is 421 g/mol. The summed E-state index contributed by atoms with van der Waals surface area (Å²) in [6.45, 7) is -0.524. The van der Waals surface area contributed by atoms with Crippen molar-refractivity contribution in [3.05, 3.63) is 64.7 Å². The number of aliphatic hydroxyl groups is 4. The molecule has 2 aromatic heterocycles. The number of ether oxygens (including phenoxy) is 1. The maximum absolute atomic E-state index is 14.4. The number of benzene rings is 1. The Kier molecular flexibility index (Phi) is 5.77. The van der Waals surface area contributed by atoms with Crippen LogP contribution in [0.1, 0.15) is 22.2 Å². The number of furan rings is 1. The summed E-state index contributed by atoms with van der Waals surface area (Å²) in [6.07, 6.45) is -2.94. The van der Waals surface area contributed by atoms with Gasteiger partial charge in [0.15, 0.2) is 0 Å². The zero-order chi connectivity index (χ0) is 20.5. The molecule has 1 fully saturated rings. The van der Waals surface area contributed by atoms with Gasteiger partial charge in [-0.25, -0.2) is 9.37 Å². The summed E-state index contributed by atoms with van der Waals surface area (Å²) in [5, 5.41) is 40.3. The summed E-state index contributed by atoms with van der Waals surface area (Å²) in [4.78, 5) is 5.15. The van der Waals surface area contributed by atoms with Crippen molar-refractivity contribution in [2.75, 3.05) is 6.61 Å². The van der Waals surface area contributed by atoms with Crippen molar-refractivity contribution >= 4 is 11.3 Å². The molecule has 0 radical (unpaired) electrons. The van der Waals surface area contributed by atoms with Crippen molar-refractivity contribution in [1.82, 2.24) is 4.98 Å². The summed E-state index contributed by atoms with van der Waals surface area (Å²) in [5.41, 5.74) is 0.779. The molecule has 0 unspecified atom stereocenters. The minimum absolute atomic E-state index is 0.225. The first-order chi connectivity index (χ1) is 14.0. The summed E-state index contributed by atoms with van der Waals surface area (Å²) in [7, 11) is 0. The van der Waals surface area contributed by atoms with E-state index in [0.717, 1.165) is 4.88 Å². The van der Waals surface area contributed by atoms with Gasteiger partial charge in [-0.15, -0.1) is 11.3 Å². The molecule has 1 aliphatic rings. The Morgan fingerprint density at radius 1 is 1.10 bits per heavy atom. The highest BCUT2D eigenvalue weighted by Crippen LogP contribution is 2.34. The van der Waals surface area contributed by atoms with E-state index in [1.165, 1.54) is 29.5 Å². The molecule has 3 aromatic rings. The number of rotatable bonds is 5. The smallest absolute Gasteiger partial charge is 0.145 e. The van der Waals surface area contributed by atoms with Crippen molar-refractivity contribution in [1.29, 1.82) is 0 Å². The highest BCUT2D eigenvalue weighted by molar-refractivity contribution is 7.15. The minimum atomic E-state index is -1.49. The predicted octanol–water partition coefficient (Wildman–Crippen LogP) is 1.65. The van der Waals surface area contributed by atoms with Crippen LogP contribution in [0, 0.1) is 5.82 Å². The molecule has 0 saturated carbocycles. The third kappa shape index (κ3) is 3.97. The van der Waals surface area contributed by atoms with Gasteiger partial charge in [-0.3, -0.25) is 0 Å². The molecule has 1 saturated heterocycles. The molecule has 5 atom stereocenters. The molecule has 3 heterocycles. The zero-order valence-corrected chi connectivity index (χ0v) is 16.0. The van der Waals surface area contributed by atoms with E-state index in [4.69, 9.17) is 9.15 Å². The van der Waals surface area contributed by atoms with Crippen LogP contribution in [0.4, 0.5) is 4.39 Å². The molecule has 4 N–H and O–H groups in total. The fourth-order valence-corrected chi connectivity index (χ4v) is 4.28. The van der Waals surface area contributed by atoms with Crippen LogP contribution in [-0.2, 0) is 11.2 Å². The first-order valence-corrected chi connectivity index (χ1v) is 9.87. The Morgan fingerprint density at radius 3 is 2.66 bits per heavy atom. The number of halogens is 1. The van der Waals surface area contributed by atoms with Gasteiger partial charge in [-0.05, 0) is 35.4 Å². The molecule has 29 heavy (non-hydrogen) atoms. The third-order valence-corrected chi connectivity index (χ3v) is 5.96. The predicted molar refractivity (Wildman–Crippen MR) is 102 cm³/mol. The van der Waals surface area contributed by atoms with Crippen molar-refractivity contribution in [3.8, 4) is 10.6 Å². The van der Waals surface area contributed by atoms with Gasteiger partial charge in [0.2, 0.25) is 0 Å². The quantitative estimate of drug-likeness (QED) is 0.495. The summed E-state index contributed by atoms with van der Waals surface area (Å²) >= 11 is 1.38. The first kappa shape index (κ1) is 20.1. The minimum Gasteiger partial charge on any atom is -0.463 e. The maximum atomic E-state index is 14.4. The molecule has 0 spiro atoms. The lowest BCUT2D eigenvalue weighted by molar-refractivity contribution is -0.231. The van der Waals surface area contributed by atoms with E-state index in [0.29, 0.717) is 21.9 Å². The number of aliphatic hydroxyl groups excluding tert-OH is 4.